The Hall–Kier alpha value is -1.10. The SMILES string of the molecule is Cc1nc(NCCC(C)S(C)=O)ccc1N. The molecule has 1 rings (SSSR count). The third-order valence-electron chi connectivity index (χ3n) is 2.55. The van der Waals surface area contributed by atoms with Crippen molar-refractivity contribution in [2.75, 3.05) is 23.9 Å². The molecule has 0 bridgehead atoms. The van der Waals surface area contributed by atoms with E-state index < -0.39 is 10.8 Å². The van der Waals surface area contributed by atoms with E-state index in [1.54, 1.807) is 6.26 Å². The predicted molar refractivity (Wildman–Crippen MR) is 70.0 cm³/mol. The quantitative estimate of drug-likeness (QED) is 0.820. The highest BCUT2D eigenvalue weighted by molar-refractivity contribution is 7.84. The highest BCUT2D eigenvalue weighted by Crippen LogP contribution is 2.11. The van der Waals surface area contributed by atoms with Crippen molar-refractivity contribution in [1.82, 2.24) is 4.98 Å². The number of nitrogens with one attached hydrogen (secondary N) is 1. The summed E-state index contributed by atoms with van der Waals surface area (Å²) >= 11 is 0. The van der Waals surface area contributed by atoms with Crippen LogP contribution in [0.5, 0.6) is 0 Å². The van der Waals surface area contributed by atoms with Crippen LogP contribution in [0.4, 0.5) is 11.5 Å². The van der Waals surface area contributed by atoms with Crippen LogP contribution in [0.25, 0.3) is 0 Å². The van der Waals surface area contributed by atoms with E-state index in [2.05, 4.69) is 10.3 Å². The Bertz CT molecular complexity index is 381. The molecule has 1 aromatic heterocycles. The molecule has 1 aromatic rings. The highest BCUT2D eigenvalue weighted by Gasteiger charge is 2.05. The van der Waals surface area contributed by atoms with Gasteiger partial charge in [-0.25, -0.2) is 4.98 Å². The predicted octanol–water partition coefficient (Wildman–Crippen LogP) is 1.54. The molecule has 2 unspecified atom stereocenters. The largest absolute Gasteiger partial charge is 0.397 e. The average Bonchev–Trinajstić information content (AvgIpc) is 2.23. The summed E-state index contributed by atoms with van der Waals surface area (Å²) in [5, 5.41) is 3.41. The van der Waals surface area contributed by atoms with Crippen LogP contribution >= 0.6 is 0 Å². The minimum atomic E-state index is -0.757. The number of nitrogens with two attached hydrogens (primary N) is 1. The van der Waals surface area contributed by atoms with Crippen LogP contribution in [-0.2, 0) is 10.8 Å². The zero-order chi connectivity index (χ0) is 12.1. The number of hydrogen-bond acceptors (Lipinski definition) is 4. The molecule has 16 heavy (non-hydrogen) atoms. The van der Waals surface area contributed by atoms with Gasteiger partial charge in [-0.05, 0) is 25.5 Å². The summed E-state index contributed by atoms with van der Waals surface area (Å²) in [5.74, 6) is 0.820. The molecule has 0 aromatic carbocycles. The Morgan fingerprint density at radius 1 is 1.56 bits per heavy atom. The second kappa shape index (κ2) is 5.84. The van der Waals surface area contributed by atoms with E-state index in [1.807, 2.05) is 26.0 Å². The molecule has 4 nitrogen and oxygen atoms in total. The molecule has 0 aliphatic rings. The second-order valence-corrected chi connectivity index (χ2v) is 5.70. The monoisotopic (exact) mass is 241 g/mol. The molecule has 0 aliphatic heterocycles. The van der Waals surface area contributed by atoms with Gasteiger partial charge in [0.05, 0.1) is 11.4 Å². The van der Waals surface area contributed by atoms with Gasteiger partial charge in [0.1, 0.15) is 5.82 Å². The van der Waals surface area contributed by atoms with Crippen LogP contribution in [0.3, 0.4) is 0 Å². The van der Waals surface area contributed by atoms with E-state index in [0.29, 0.717) is 5.69 Å². The van der Waals surface area contributed by atoms with Gasteiger partial charge in [-0.3, -0.25) is 4.21 Å². The number of nitrogens with zero attached hydrogens (tertiary/aromatic N) is 1. The highest BCUT2D eigenvalue weighted by atomic mass is 32.2. The zero-order valence-corrected chi connectivity index (χ0v) is 10.8. The van der Waals surface area contributed by atoms with Crippen molar-refractivity contribution in [3.8, 4) is 0 Å². The van der Waals surface area contributed by atoms with E-state index in [1.165, 1.54) is 0 Å². The van der Waals surface area contributed by atoms with Gasteiger partial charge in [0, 0.05) is 28.9 Å². The van der Waals surface area contributed by atoms with Gasteiger partial charge in [-0.2, -0.15) is 0 Å². The Morgan fingerprint density at radius 3 is 2.81 bits per heavy atom. The first-order valence-electron chi connectivity index (χ1n) is 5.30. The molecule has 5 heteroatoms. The lowest BCUT2D eigenvalue weighted by molar-refractivity contribution is 0.672. The molecule has 0 saturated heterocycles. The fourth-order valence-corrected chi connectivity index (χ4v) is 1.69. The van der Waals surface area contributed by atoms with Gasteiger partial charge in [-0.15, -0.1) is 0 Å². The van der Waals surface area contributed by atoms with Crippen LogP contribution in [0, 0.1) is 6.92 Å². The van der Waals surface area contributed by atoms with Crippen molar-refractivity contribution < 1.29 is 4.21 Å². The van der Waals surface area contributed by atoms with Crippen molar-refractivity contribution in [2.24, 2.45) is 0 Å². The van der Waals surface area contributed by atoms with E-state index in [0.717, 1.165) is 24.5 Å². The van der Waals surface area contributed by atoms with Crippen molar-refractivity contribution in [3.05, 3.63) is 17.8 Å². The molecule has 0 fully saturated rings. The number of nitrogen functional groups attached to an aromatic ring is 1. The van der Waals surface area contributed by atoms with Gasteiger partial charge in [0.15, 0.2) is 0 Å². The van der Waals surface area contributed by atoms with Gasteiger partial charge < -0.3 is 11.1 Å². The summed E-state index contributed by atoms with van der Waals surface area (Å²) in [6.07, 6.45) is 2.60. The van der Waals surface area contributed by atoms with E-state index in [4.69, 9.17) is 5.73 Å². The van der Waals surface area contributed by atoms with Crippen molar-refractivity contribution in [1.29, 1.82) is 0 Å². The first kappa shape index (κ1) is 13.0. The van der Waals surface area contributed by atoms with Gasteiger partial charge >= 0.3 is 0 Å². The summed E-state index contributed by atoms with van der Waals surface area (Å²) in [5.41, 5.74) is 7.21. The first-order chi connectivity index (χ1) is 7.50. The van der Waals surface area contributed by atoms with Crippen molar-refractivity contribution in [2.45, 2.75) is 25.5 Å². The Kier molecular flexibility index (Phi) is 4.73. The lowest BCUT2D eigenvalue weighted by Crippen LogP contribution is -2.15. The maximum atomic E-state index is 11.1. The van der Waals surface area contributed by atoms with Crippen molar-refractivity contribution in [3.63, 3.8) is 0 Å². The van der Waals surface area contributed by atoms with Crippen LogP contribution in [0.15, 0.2) is 12.1 Å². The van der Waals surface area contributed by atoms with Crippen molar-refractivity contribution >= 4 is 22.3 Å². The number of rotatable bonds is 5. The minimum Gasteiger partial charge on any atom is -0.397 e. The van der Waals surface area contributed by atoms with Gasteiger partial charge in [0.25, 0.3) is 0 Å². The topological polar surface area (TPSA) is 68.0 Å². The van der Waals surface area contributed by atoms with Gasteiger partial charge in [-0.1, -0.05) is 6.92 Å². The number of pyridine rings is 1. The summed E-state index contributed by atoms with van der Waals surface area (Å²) in [7, 11) is -0.757. The number of anilines is 2. The normalized spacial score (nSPS) is 14.4. The average molecular weight is 241 g/mol. The first-order valence-corrected chi connectivity index (χ1v) is 6.92. The smallest absolute Gasteiger partial charge is 0.126 e. The number of hydrogen-bond donors (Lipinski definition) is 2. The molecule has 0 spiro atoms. The fourth-order valence-electron chi connectivity index (χ4n) is 1.24. The lowest BCUT2D eigenvalue weighted by Gasteiger charge is -2.10. The third-order valence-corrected chi connectivity index (χ3v) is 3.92. The fraction of sp³-hybridized carbons (Fsp3) is 0.545. The molecular formula is C11H19N3OS. The standard InChI is InChI=1S/C11H19N3OS/c1-8(16(3)15)6-7-13-11-5-4-10(12)9(2)14-11/h4-5,8H,6-7,12H2,1-3H3,(H,13,14). The van der Waals surface area contributed by atoms with Crippen LogP contribution < -0.4 is 11.1 Å². The molecule has 0 amide bonds. The van der Waals surface area contributed by atoms with Crippen LogP contribution in [0.1, 0.15) is 19.0 Å². The summed E-state index contributed by atoms with van der Waals surface area (Å²) < 4.78 is 11.1. The summed E-state index contributed by atoms with van der Waals surface area (Å²) in [6.45, 7) is 4.64. The molecule has 3 N–H and O–H groups in total. The lowest BCUT2D eigenvalue weighted by atomic mass is 10.3. The van der Waals surface area contributed by atoms with Gasteiger partial charge in [0.2, 0.25) is 0 Å². The van der Waals surface area contributed by atoms with Crippen LogP contribution in [-0.4, -0.2) is 27.2 Å². The van der Waals surface area contributed by atoms with E-state index in [-0.39, 0.29) is 5.25 Å². The number of aryl methyl sites for hydroxylation is 1. The maximum Gasteiger partial charge on any atom is 0.126 e. The summed E-state index contributed by atoms with van der Waals surface area (Å²) in [4.78, 5) is 4.30. The molecule has 0 radical (unpaired) electrons. The molecule has 0 saturated carbocycles. The minimum absolute atomic E-state index is 0.211. The number of aromatic nitrogens is 1. The van der Waals surface area contributed by atoms with E-state index in [9.17, 15) is 4.21 Å². The third kappa shape index (κ3) is 3.81. The Balaban J connectivity index is 2.43. The Labute approximate surface area is 99.1 Å². The second-order valence-electron chi connectivity index (χ2n) is 3.90. The zero-order valence-electron chi connectivity index (χ0n) is 9.99. The molecule has 90 valence electrons. The van der Waals surface area contributed by atoms with Crippen LogP contribution in [0.2, 0.25) is 0 Å². The molecule has 1 heterocycles. The van der Waals surface area contributed by atoms with E-state index >= 15 is 0 Å². The summed E-state index contributed by atoms with van der Waals surface area (Å²) in [6, 6.07) is 3.70. The molecule has 2 atom stereocenters. The molecular weight excluding hydrogens is 222 g/mol. The maximum absolute atomic E-state index is 11.1. The molecule has 0 aliphatic carbocycles. The Morgan fingerprint density at radius 2 is 2.25 bits per heavy atom.